The Morgan fingerprint density at radius 1 is 0.958 bits per heavy atom. The van der Waals surface area contributed by atoms with Crippen molar-refractivity contribution in [2.45, 2.75) is 32.6 Å². The zero-order chi connectivity index (χ0) is 17.4. The van der Waals surface area contributed by atoms with Crippen molar-refractivity contribution in [3.05, 3.63) is 65.7 Å². The molecule has 0 aromatic heterocycles. The van der Waals surface area contributed by atoms with Crippen molar-refractivity contribution in [3.63, 3.8) is 0 Å². The van der Waals surface area contributed by atoms with E-state index in [0.29, 0.717) is 30.9 Å². The molecule has 2 N–H and O–H groups in total. The van der Waals surface area contributed by atoms with Crippen LogP contribution >= 0.6 is 0 Å². The minimum atomic E-state index is -0.110. The van der Waals surface area contributed by atoms with Crippen molar-refractivity contribution >= 4 is 17.5 Å². The summed E-state index contributed by atoms with van der Waals surface area (Å²) >= 11 is 0. The molecule has 126 valence electrons. The number of hydrogen-bond donors (Lipinski definition) is 2. The van der Waals surface area contributed by atoms with Crippen LogP contribution in [0.15, 0.2) is 54.6 Å². The summed E-state index contributed by atoms with van der Waals surface area (Å²) < 4.78 is 0. The Bertz CT molecular complexity index is 681. The summed E-state index contributed by atoms with van der Waals surface area (Å²) in [5.74, 6) is 0.213. The fourth-order valence-corrected chi connectivity index (χ4v) is 2.47. The lowest BCUT2D eigenvalue weighted by atomic mass is 10.0. The highest BCUT2D eigenvalue weighted by Gasteiger charge is 2.09. The van der Waals surface area contributed by atoms with Crippen molar-refractivity contribution in [2.75, 3.05) is 11.9 Å². The summed E-state index contributed by atoms with van der Waals surface area (Å²) in [7, 11) is 0. The van der Waals surface area contributed by atoms with Gasteiger partial charge in [-0.3, -0.25) is 9.59 Å². The summed E-state index contributed by atoms with van der Waals surface area (Å²) in [5.41, 5.74) is 2.63. The van der Waals surface area contributed by atoms with E-state index in [1.54, 1.807) is 12.1 Å². The number of para-hydroxylation sites is 1. The summed E-state index contributed by atoms with van der Waals surface area (Å²) in [5, 5.41) is 5.79. The average Bonchev–Trinajstić information content (AvgIpc) is 2.59. The second-order valence-electron chi connectivity index (χ2n) is 6.02. The van der Waals surface area contributed by atoms with Gasteiger partial charge in [0.1, 0.15) is 0 Å². The summed E-state index contributed by atoms with van der Waals surface area (Å²) in [6.45, 7) is 4.68. The van der Waals surface area contributed by atoms with Gasteiger partial charge in [0.15, 0.2) is 0 Å². The lowest BCUT2D eigenvalue weighted by molar-refractivity contribution is -0.116. The predicted molar refractivity (Wildman–Crippen MR) is 97.2 cm³/mol. The van der Waals surface area contributed by atoms with Crippen molar-refractivity contribution < 1.29 is 9.59 Å². The molecule has 2 amide bonds. The molecular formula is C20H24N2O2. The molecule has 0 fully saturated rings. The molecular weight excluding hydrogens is 300 g/mol. The topological polar surface area (TPSA) is 58.2 Å². The summed E-state index contributed by atoms with van der Waals surface area (Å²) in [6.07, 6.45) is 0.982. The van der Waals surface area contributed by atoms with Crippen LogP contribution in [-0.2, 0) is 4.79 Å². The van der Waals surface area contributed by atoms with E-state index in [9.17, 15) is 9.59 Å². The van der Waals surface area contributed by atoms with Crippen molar-refractivity contribution in [1.29, 1.82) is 0 Å². The molecule has 0 aliphatic heterocycles. The van der Waals surface area contributed by atoms with Gasteiger partial charge in [-0.25, -0.2) is 0 Å². The number of carbonyl (C=O) groups excluding carboxylic acids is 2. The Balaban J connectivity index is 1.75. The SMILES string of the molecule is CC(C)c1ccccc1NC(=O)CCCNC(=O)c1ccccc1. The van der Waals surface area contributed by atoms with Crippen LogP contribution in [0.3, 0.4) is 0 Å². The monoisotopic (exact) mass is 324 g/mol. The van der Waals surface area contributed by atoms with Crippen molar-refractivity contribution in [1.82, 2.24) is 5.32 Å². The van der Waals surface area contributed by atoms with Crippen LogP contribution in [0, 0.1) is 0 Å². The van der Waals surface area contributed by atoms with Crippen LogP contribution in [0.1, 0.15) is 48.5 Å². The number of carbonyl (C=O) groups is 2. The van der Waals surface area contributed by atoms with Gasteiger partial charge in [0.2, 0.25) is 5.91 Å². The zero-order valence-corrected chi connectivity index (χ0v) is 14.2. The van der Waals surface area contributed by atoms with Gasteiger partial charge in [0.25, 0.3) is 5.91 Å². The van der Waals surface area contributed by atoms with E-state index in [2.05, 4.69) is 24.5 Å². The fourth-order valence-electron chi connectivity index (χ4n) is 2.47. The second kappa shape index (κ2) is 8.87. The van der Waals surface area contributed by atoms with Gasteiger partial charge in [-0.1, -0.05) is 50.2 Å². The number of hydrogen-bond acceptors (Lipinski definition) is 2. The molecule has 0 aliphatic carbocycles. The van der Waals surface area contributed by atoms with E-state index < -0.39 is 0 Å². The van der Waals surface area contributed by atoms with Gasteiger partial charge in [0.05, 0.1) is 0 Å². The molecule has 0 aliphatic rings. The van der Waals surface area contributed by atoms with Crippen LogP contribution in [0.5, 0.6) is 0 Å². The van der Waals surface area contributed by atoms with E-state index in [1.807, 2.05) is 42.5 Å². The first-order chi connectivity index (χ1) is 11.6. The molecule has 2 aromatic carbocycles. The zero-order valence-electron chi connectivity index (χ0n) is 14.2. The van der Waals surface area contributed by atoms with E-state index in [0.717, 1.165) is 11.3 Å². The van der Waals surface area contributed by atoms with E-state index in [4.69, 9.17) is 0 Å². The average molecular weight is 324 g/mol. The third kappa shape index (κ3) is 5.23. The Kier molecular flexibility index (Phi) is 6.55. The molecule has 0 spiro atoms. The number of nitrogens with one attached hydrogen (secondary N) is 2. The molecule has 0 bridgehead atoms. The number of benzene rings is 2. The standard InChI is InChI=1S/C20H24N2O2/c1-15(2)17-11-6-7-12-18(17)22-19(23)13-8-14-21-20(24)16-9-4-3-5-10-16/h3-7,9-12,15H,8,13-14H2,1-2H3,(H,21,24)(H,22,23). The highest BCUT2D eigenvalue weighted by molar-refractivity contribution is 5.94. The molecule has 0 radical (unpaired) electrons. The molecule has 0 unspecified atom stereocenters. The summed E-state index contributed by atoms with van der Waals surface area (Å²) in [4.78, 5) is 24.0. The minimum absolute atomic E-state index is 0.0305. The van der Waals surface area contributed by atoms with Gasteiger partial charge < -0.3 is 10.6 Å². The Morgan fingerprint density at radius 3 is 2.33 bits per heavy atom. The van der Waals surface area contributed by atoms with Crippen LogP contribution in [0.25, 0.3) is 0 Å². The van der Waals surface area contributed by atoms with Crippen LogP contribution in [-0.4, -0.2) is 18.4 Å². The maximum atomic E-state index is 12.1. The van der Waals surface area contributed by atoms with E-state index >= 15 is 0 Å². The molecule has 0 heterocycles. The third-order valence-electron chi connectivity index (χ3n) is 3.76. The molecule has 2 aromatic rings. The molecule has 24 heavy (non-hydrogen) atoms. The van der Waals surface area contributed by atoms with Crippen LogP contribution in [0.4, 0.5) is 5.69 Å². The highest BCUT2D eigenvalue weighted by atomic mass is 16.2. The third-order valence-corrected chi connectivity index (χ3v) is 3.76. The maximum absolute atomic E-state index is 12.1. The van der Waals surface area contributed by atoms with Gasteiger partial charge >= 0.3 is 0 Å². The smallest absolute Gasteiger partial charge is 0.251 e. The number of anilines is 1. The maximum Gasteiger partial charge on any atom is 0.251 e. The molecule has 0 saturated heterocycles. The highest BCUT2D eigenvalue weighted by Crippen LogP contribution is 2.23. The second-order valence-corrected chi connectivity index (χ2v) is 6.02. The first-order valence-corrected chi connectivity index (χ1v) is 8.30. The van der Waals surface area contributed by atoms with Crippen molar-refractivity contribution in [3.8, 4) is 0 Å². The van der Waals surface area contributed by atoms with Gasteiger partial charge in [-0.2, -0.15) is 0 Å². The molecule has 0 atom stereocenters. The summed E-state index contributed by atoms with van der Waals surface area (Å²) in [6, 6.07) is 16.9. The number of rotatable bonds is 7. The van der Waals surface area contributed by atoms with Gasteiger partial charge in [-0.05, 0) is 36.1 Å². The Hall–Kier alpha value is -2.62. The van der Waals surface area contributed by atoms with Crippen LogP contribution in [0.2, 0.25) is 0 Å². The van der Waals surface area contributed by atoms with Crippen molar-refractivity contribution in [2.24, 2.45) is 0 Å². The first-order valence-electron chi connectivity index (χ1n) is 8.30. The van der Waals surface area contributed by atoms with Gasteiger partial charge in [0, 0.05) is 24.2 Å². The Labute approximate surface area is 143 Å². The van der Waals surface area contributed by atoms with E-state index in [1.165, 1.54) is 0 Å². The normalized spacial score (nSPS) is 10.5. The fraction of sp³-hybridized carbons (Fsp3) is 0.300. The quantitative estimate of drug-likeness (QED) is 0.757. The first kappa shape index (κ1) is 17.7. The molecule has 4 heteroatoms. The van der Waals surface area contributed by atoms with E-state index in [-0.39, 0.29) is 11.8 Å². The lowest BCUT2D eigenvalue weighted by Gasteiger charge is -2.13. The number of amides is 2. The predicted octanol–water partition coefficient (Wildman–Crippen LogP) is 3.96. The molecule has 2 rings (SSSR count). The largest absolute Gasteiger partial charge is 0.352 e. The minimum Gasteiger partial charge on any atom is -0.352 e. The lowest BCUT2D eigenvalue weighted by Crippen LogP contribution is -2.25. The van der Waals surface area contributed by atoms with Gasteiger partial charge in [-0.15, -0.1) is 0 Å². The van der Waals surface area contributed by atoms with Crippen LogP contribution < -0.4 is 10.6 Å². The molecule has 4 nitrogen and oxygen atoms in total. The Morgan fingerprint density at radius 2 is 1.62 bits per heavy atom. The molecule has 0 saturated carbocycles.